The highest BCUT2D eigenvalue weighted by Gasteiger charge is 2.50. The number of benzene rings is 1. The van der Waals surface area contributed by atoms with Crippen LogP contribution in [0.4, 0.5) is 0 Å². The molecule has 29 heavy (non-hydrogen) atoms. The fourth-order valence-electron chi connectivity index (χ4n) is 6.77. The van der Waals surface area contributed by atoms with Gasteiger partial charge in [0.1, 0.15) is 0 Å². The van der Waals surface area contributed by atoms with Gasteiger partial charge in [0.05, 0.1) is 12.5 Å². The first kappa shape index (κ1) is 18.5. The van der Waals surface area contributed by atoms with E-state index >= 15 is 0 Å². The molecular weight excluding hydrogens is 358 g/mol. The van der Waals surface area contributed by atoms with Gasteiger partial charge in [-0.25, -0.2) is 0 Å². The fourth-order valence-corrected chi connectivity index (χ4v) is 6.77. The lowest BCUT2D eigenvalue weighted by Crippen LogP contribution is -2.51. The molecule has 4 aliphatic rings. The Balaban J connectivity index is 1.26. The predicted molar refractivity (Wildman–Crippen MR) is 115 cm³/mol. The standard InChI is InChI=1S/C25H29N3O/c26-8-3-9-28-16-21(22-4-1-2-5-23(22)28)6-7-24(29)27-17-25-13-18-10-19(14-25)12-20(11-18)15-25/h1-2,4-7,16,18-20H,3,9-15,17H2,(H,27,29)/b7-6+. The summed E-state index contributed by atoms with van der Waals surface area (Å²) in [6, 6.07) is 10.4. The van der Waals surface area contributed by atoms with Crippen molar-refractivity contribution in [2.24, 2.45) is 23.2 Å². The fraction of sp³-hybridized carbons (Fsp3) is 0.520. The second-order valence-electron chi connectivity index (χ2n) is 9.67. The number of fused-ring (bicyclic) bond motifs is 1. The first-order chi connectivity index (χ1) is 14.1. The molecule has 0 spiro atoms. The Hall–Kier alpha value is -2.54. The maximum atomic E-state index is 12.6. The van der Waals surface area contributed by atoms with Crippen molar-refractivity contribution in [2.45, 2.75) is 51.5 Å². The third-order valence-electron chi connectivity index (χ3n) is 7.50. The Morgan fingerprint density at radius 3 is 2.55 bits per heavy atom. The van der Waals surface area contributed by atoms with Crippen molar-refractivity contribution in [3.63, 3.8) is 0 Å². The monoisotopic (exact) mass is 387 g/mol. The van der Waals surface area contributed by atoms with Crippen LogP contribution in [0.25, 0.3) is 17.0 Å². The van der Waals surface area contributed by atoms with Crippen LogP contribution >= 0.6 is 0 Å². The van der Waals surface area contributed by atoms with Gasteiger partial charge in [0.25, 0.3) is 0 Å². The lowest BCUT2D eigenvalue weighted by atomic mass is 9.49. The van der Waals surface area contributed by atoms with E-state index in [0.29, 0.717) is 18.4 Å². The number of para-hydroxylation sites is 1. The summed E-state index contributed by atoms with van der Waals surface area (Å²) in [7, 11) is 0. The number of nitriles is 1. The van der Waals surface area contributed by atoms with E-state index in [0.717, 1.165) is 40.8 Å². The van der Waals surface area contributed by atoms with E-state index < -0.39 is 0 Å². The molecule has 0 radical (unpaired) electrons. The lowest BCUT2D eigenvalue weighted by molar-refractivity contribution is -0.118. The van der Waals surface area contributed by atoms with Crippen molar-refractivity contribution in [1.29, 1.82) is 5.26 Å². The van der Waals surface area contributed by atoms with E-state index in [-0.39, 0.29) is 5.91 Å². The van der Waals surface area contributed by atoms with E-state index in [9.17, 15) is 4.79 Å². The number of rotatable bonds is 6. The second kappa shape index (κ2) is 7.37. The zero-order valence-corrected chi connectivity index (χ0v) is 16.9. The van der Waals surface area contributed by atoms with Gasteiger partial charge in [-0.2, -0.15) is 5.26 Å². The minimum absolute atomic E-state index is 0.00889. The Morgan fingerprint density at radius 1 is 1.17 bits per heavy atom. The zero-order valence-electron chi connectivity index (χ0n) is 16.9. The number of aromatic nitrogens is 1. The molecule has 0 aliphatic heterocycles. The number of hydrogen-bond acceptors (Lipinski definition) is 2. The summed E-state index contributed by atoms with van der Waals surface area (Å²) >= 11 is 0. The van der Waals surface area contributed by atoms with Crippen LogP contribution in [0.1, 0.15) is 50.5 Å². The predicted octanol–water partition coefficient (Wildman–Crippen LogP) is 4.90. The van der Waals surface area contributed by atoms with Gasteiger partial charge >= 0.3 is 0 Å². The first-order valence-corrected chi connectivity index (χ1v) is 11.0. The molecule has 1 heterocycles. The average Bonchev–Trinajstić information content (AvgIpc) is 3.06. The summed E-state index contributed by atoms with van der Waals surface area (Å²) in [5.74, 6) is 2.74. The van der Waals surface area contributed by atoms with Crippen LogP contribution in [0.5, 0.6) is 0 Å². The lowest BCUT2D eigenvalue weighted by Gasteiger charge is -2.56. The van der Waals surface area contributed by atoms with Gasteiger partial charge in [-0.05, 0) is 73.8 Å². The summed E-state index contributed by atoms with van der Waals surface area (Å²) in [5, 5.41) is 13.2. The Kier molecular flexibility index (Phi) is 4.70. The van der Waals surface area contributed by atoms with E-state index in [1.165, 1.54) is 38.5 Å². The number of nitrogens with one attached hydrogen (secondary N) is 1. The molecule has 1 aromatic carbocycles. The highest BCUT2D eigenvalue weighted by molar-refractivity contribution is 5.96. The summed E-state index contributed by atoms with van der Waals surface area (Å²) in [6.45, 7) is 1.51. The smallest absolute Gasteiger partial charge is 0.244 e. The molecular formula is C25H29N3O. The largest absolute Gasteiger partial charge is 0.352 e. The summed E-state index contributed by atoms with van der Waals surface area (Å²) in [4.78, 5) is 12.6. The van der Waals surface area contributed by atoms with Crippen molar-refractivity contribution in [3.05, 3.63) is 42.1 Å². The van der Waals surface area contributed by atoms with Crippen molar-refractivity contribution < 1.29 is 4.79 Å². The van der Waals surface area contributed by atoms with E-state index in [4.69, 9.17) is 5.26 Å². The van der Waals surface area contributed by atoms with Crippen molar-refractivity contribution in [2.75, 3.05) is 6.54 Å². The highest BCUT2D eigenvalue weighted by Crippen LogP contribution is 2.59. The van der Waals surface area contributed by atoms with E-state index in [1.54, 1.807) is 6.08 Å². The number of carbonyl (C=O) groups is 1. The molecule has 0 atom stereocenters. The number of hydrogen-bond donors (Lipinski definition) is 1. The van der Waals surface area contributed by atoms with Gasteiger partial charge < -0.3 is 9.88 Å². The minimum Gasteiger partial charge on any atom is -0.352 e. The first-order valence-electron chi connectivity index (χ1n) is 11.0. The van der Waals surface area contributed by atoms with E-state index in [1.807, 2.05) is 24.4 Å². The molecule has 0 unspecified atom stereocenters. The molecule has 4 saturated carbocycles. The molecule has 4 fully saturated rings. The maximum Gasteiger partial charge on any atom is 0.244 e. The van der Waals surface area contributed by atoms with Crippen LogP contribution in [0.2, 0.25) is 0 Å². The van der Waals surface area contributed by atoms with Gasteiger partial charge in [-0.1, -0.05) is 18.2 Å². The van der Waals surface area contributed by atoms with Crippen LogP contribution in [0, 0.1) is 34.5 Å². The number of amides is 1. The maximum absolute atomic E-state index is 12.6. The Bertz CT molecular complexity index is 958. The molecule has 4 heteroatoms. The summed E-state index contributed by atoms with van der Waals surface area (Å²) < 4.78 is 2.10. The Morgan fingerprint density at radius 2 is 1.86 bits per heavy atom. The van der Waals surface area contributed by atoms with Crippen molar-refractivity contribution in [1.82, 2.24) is 9.88 Å². The van der Waals surface area contributed by atoms with Crippen molar-refractivity contribution in [3.8, 4) is 6.07 Å². The minimum atomic E-state index is 0.00889. The molecule has 4 aliphatic carbocycles. The van der Waals surface area contributed by atoms with Gasteiger partial charge in [-0.15, -0.1) is 0 Å². The van der Waals surface area contributed by atoms with Gasteiger partial charge in [-0.3, -0.25) is 4.79 Å². The number of carbonyl (C=O) groups excluding carboxylic acids is 1. The average molecular weight is 388 g/mol. The van der Waals surface area contributed by atoms with Crippen LogP contribution in [-0.2, 0) is 11.3 Å². The third kappa shape index (κ3) is 3.59. The normalized spacial score (nSPS) is 30.1. The van der Waals surface area contributed by atoms with Crippen LogP contribution in [0.15, 0.2) is 36.5 Å². The highest BCUT2D eigenvalue weighted by atomic mass is 16.1. The molecule has 6 rings (SSSR count). The molecule has 1 amide bonds. The third-order valence-corrected chi connectivity index (χ3v) is 7.50. The van der Waals surface area contributed by atoms with Gasteiger partial charge in [0.15, 0.2) is 0 Å². The van der Waals surface area contributed by atoms with Crippen LogP contribution in [0.3, 0.4) is 0 Å². The molecule has 1 aromatic heterocycles. The molecule has 150 valence electrons. The number of aryl methyl sites for hydroxylation is 1. The molecule has 4 bridgehead atoms. The number of nitrogens with zero attached hydrogens (tertiary/aromatic N) is 2. The van der Waals surface area contributed by atoms with Crippen LogP contribution in [-0.4, -0.2) is 17.0 Å². The van der Waals surface area contributed by atoms with Gasteiger partial charge in [0.2, 0.25) is 5.91 Å². The zero-order chi connectivity index (χ0) is 19.8. The Labute approximate surface area is 172 Å². The van der Waals surface area contributed by atoms with Gasteiger partial charge in [0, 0.05) is 41.8 Å². The molecule has 0 saturated heterocycles. The molecule has 4 nitrogen and oxygen atoms in total. The van der Waals surface area contributed by atoms with Crippen molar-refractivity contribution >= 4 is 22.9 Å². The topological polar surface area (TPSA) is 57.8 Å². The molecule has 2 aromatic rings. The quantitative estimate of drug-likeness (QED) is 0.717. The van der Waals surface area contributed by atoms with E-state index in [2.05, 4.69) is 28.1 Å². The molecule has 1 N–H and O–H groups in total. The second-order valence-corrected chi connectivity index (χ2v) is 9.67. The summed E-state index contributed by atoms with van der Waals surface area (Å²) in [6.07, 6.45) is 14.4. The summed E-state index contributed by atoms with van der Waals surface area (Å²) in [5.41, 5.74) is 2.51. The van der Waals surface area contributed by atoms with Crippen LogP contribution < -0.4 is 5.32 Å². The SMILES string of the molecule is N#CCCn1cc(/C=C/C(=O)NCC23CC4CC(CC(C4)C2)C3)c2ccccc21.